The van der Waals surface area contributed by atoms with Crippen LogP contribution in [0.2, 0.25) is 0 Å². The summed E-state index contributed by atoms with van der Waals surface area (Å²) in [5.41, 5.74) is 1.79. The topological polar surface area (TPSA) is 51.5 Å². The second kappa shape index (κ2) is 7.50. The van der Waals surface area contributed by atoms with Crippen LogP contribution in [-0.4, -0.2) is 28.9 Å². The third-order valence-electron chi connectivity index (χ3n) is 5.40. The Hall–Kier alpha value is -2.33. The summed E-state index contributed by atoms with van der Waals surface area (Å²) in [5, 5.41) is 11.4. The molecule has 0 aliphatic carbocycles. The van der Waals surface area contributed by atoms with Crippen molar-refractivity contribution in [2.45, 2.75) is 39.7 Å². The van der Waals surface area contributed by atoms with Crippen LogP contribution in [0, 0.1) is 5.41 Å². The van der Waals surface area contributed by atoms with Gasteiger partial charge in [0.2, 0.25) is 0 Å². The maximum atomic E-state index is 12.5. The zero-order valence-electron chi connectivity index (χ0n) is 15.7. The lowest BCUT2D eigenvalue weighted by molar-refractivity contribution is -0.157. The number of nitrogens with zero attached hydrogens (tertiary/aromatic N) is 1. The highest BCUT2D eigenvalue weighted by molar-refractivity contribution is 6.08. The molecule has 4 nitrogen and oxygen atoms in total. The maximum Gasteiger partial charge on any atom is 0.311 e. The van der Waals surface area contributed by atoms with Crippen LogP contribution in [0.4, 0.5) is 0 Å². The summed E-state index contributed by atoms with van der Waals surface area (Å²) in [6, 6.07) is 16.9. The molecule has 0 spiro atoms. The van der Waals surface area contributed by atoms with Gasteiger partial charge in [0, 0.05) is 27.8 Å². The Morgan fingerprint density at radius 2 is 1.65 bits per heavy atom. The van der Waals surface area contributed by atoms with E-state index in [1.54, 1.807) is 0 Å². The molecule has 2 atom stereocenters. The molecule has 26 heavy (non-hydrogen) atoms. The Balaban J connectivity index is 2.01. The normalized spacial score (nSPS) is 15.1. The minimum absolute atomic E-state index is 0.0538. The predicted molar refractivity (Wildman–Crippen MR) is 105 cm³/mol. The van der Waals surface area contributed by atoms with E-state index in [1.807, 2.05) is 13.8 Å². The molecule has 0 fully saturated rings. The number of rotatable bonds is 7. The zero-order chi connectivity index (χ0) is 18.7. The summed E-state index contributed by atoms with van der Waals surface area (Å²) in [6.07, 6.45) is 1.37. The van der Waals surface area contributed by atoms with E-state index in [0.717, 1.165) is 0 Å². The fourth-order valence-electron chi connectivity index (χ4n) is 3.86. The lowest BCUT2D eigenvalue weighted by Crippen LogP contribution is -2.32. The third kappa shape index (κ3) is 3.21. The molecule has 0 radical (unpaired) electrons. The molecule has 0 saturated carbocycles. The van der Waals surface area contributed by atoms with Crippen LogP contribution in [0.3, 0.4) is 0 Å². The number of esters is 1. The van der Waals surface area contributed by atoms with E-state index in [2.05, 4.69) is 60.0 Å². The minimum atomic E-state index is -0.582. The van der Waals surface area contributed by atoms with Gasteiger partial charge >= 0.3 is 5.97 Å². The van der Waals surface area contributed by atoms with Crippen LogP contribution in [0.1, 0.15) is 39.7 Å². The van der Waals surface area contributed by atoms with E-state index in [9.17, 15) is 4.79 Å². The van der Waals surface area contributed by atoms with E-state index in [-0.39, 0.29) is 25.2 Å². The Bertz CT molecular complexity index is 861. The lowest BCUT2D eigenvalue weighted by Gasteiger charge is -2.30. The van der Waals surface area contributed by atoms with Crippen molar-refractivity contribution >= 4 is 27.8 Å². The van der Waals surface area contributed by atoms with Gasteiger partial charge in [-0.25, -0.2) is 0 Å². The molecule has 1 N–H and O–H groups in total. The number of aliphatic hydroxyl groups is 1. The van der Waals surface area contributed by atoms with Gasteiger partial charge in [-0.3, -0.25) is 4.79 Å². The van der Waals surface area contributed by atoms with Crippen LogP contribution < -0.4 is 0 Å². The highest BCUT2D eigenvalue weighted by atomic mass is 16.5. The van der Waals surface area contributed by atoms with Gasteiger partial charge in [0.1, 0.15) is 6.61 Å². The minimum Gasteiger partial charge on any atom is -0.463 e. The fourth-order valence-corrected chi connectivity index (χ4v) is 3.86. The summed E-state index contributed by atoms with van der Waals surface area (Å²) >= 11 is 0. The quantitative estimate of drug-likeness (QED) is 0.627. The standard InChI is InChI=1S/C22H27NO3/c1-4-22(3,21(25)26-14-13-24)15-16(2)23-19-11-7-5-9-17(19)18-10-6-8-12-20(18)23/h5-12,16,24H,4,13-15H2,1-3H3. The monoisotopic (exact) mass is 353 g/mol. The lowest BCUT2D eigenvalue weighted by atomic mass is 9.81. The van der Waals surface area contributed by atoms with E-state index in [0.29, 0.717) is 12.8 Å². The molecular weight excluding hydrogens is 326 g/mol. The van der Waals surface area contributed by atoms with Gasteiger partial charge in [-0.2, -0.15) is 0 Å². The third-order valence-corrected chi connectivity index (χ3v) is 5.40. The average Bonchev–Trinajstić information content (AvgIpc) is 3.00. The molecule has 3 rings (SSSR count). The number of carbonyl (C=O) groups is 1. The van der Waals surface area contributed by atoms with Gasteiger partial charge in [0.05, 0.1) is 12.0 Å². The fraction of sp³-hybridized carbons (Fsp3) is 0.409. The van der Waals surface area contributed by atoms with Crippen molar-refractivity contribution in [3.05, 3.63) is 48.5 Å². The smallest absolute Gasteiger partial charge is 0.311 e. The number of benzene rings is 2. The number of aromatic nitrogens is 1. The van der Waals surface area contributed by atoms with Gasteiger partial charge in [-0.1, -0.05) is 43.3 Å². The van der Waals surface area contributed by atoms with E-state index in [1.165, 1.54) is 21.8 Å². The number of para-hydroxylation sites is 2. The van der Waals surface area contributed by atoms with Gasteiger partial charge in [-0.15, -0.1) is 0 Å². The molecule has 0 aliphatic rings. The van der Waals surface area contributed by atoms with Gasteiger partial charge in [0.25, 0.3) is 0 Å². The number of ether oxygens (including phenoxy) is 1. The second-order valence-electron chi connectivity index (χ2n) is 7.23. The van der Waals surface area contributed by atoms with Crippen molar-refractivity contribution in [3.63, 3.8) is 0 Å². The number of hydrogen-bond donors (Lipinski definition) is 1. The molecule has 1 heterocycles. The Morgan fingerprint density at radius 1 is 1.12 bits per heavy atom. The van der Waals surface area contributed by atoms with Crippen LogP contribution in [-0.2, 0) is 9.53 Å². The van der Waals surface area contributed by atoms with E-state index in [4.69, 9.17) is 9.84 Å². The van der Waals surface area contributed by atoms with Crippen molar-refractivity contribution in [1.29, 1.82) is 0 Å². The Morgan fingerprint density at radius 3 is 2.15 bits per heavy atom. The van der Waals surface area contributed by atoms with Crippen molar-refractivity contribution < 1.29 is 14.6 Å². The van der Waals surface area contributed by atoms with E-state index >= 15 is 0 Å². The van der Waals surface area contributed by atoms with Gasteiger partial charge < -0.3 is 14.4 Å². The first-order valence-corrected chi connectivity index (χ1v) is 9.27. The average molecular weight is 353 g/mol. The molecule has 0 aliphatic heterocycles. The molecule has 3 aromatic rings. The summed E-state index contributed by atoms with van der Waals surface area (Å²) < 4.78 is 7.57. The molecule has 0 saturated heterocycles. The molecule has 1 aromatic heterocycles. The number of hydrogen-bond acceptors (Lipinski definition) is 3. The highest BCUT2D eigenvalue weighted by Gasteiger charge is 2.35. The van der Waals surface area contributed by atoms with Crippen LogP contribution in [0.5, 0.6) is 0 Å². The number of carbonyl (C=O) groups excluding carboxylic acids is 1. The first-order valence-electron chi connectivity index (χ1n) is 9.27. The van der Waals surface area contributed by atoms with Crippen LogP contribution in [0.15, 0.2) is 48.5 Å². The number of aliphatic hydroxyl groups excluding tert-OH is 1. The van der Waals surface area contributed by atoms with Crippen molar-refractivity contribution in [2.24, 2.45) is 5.41 Å². The largest absolute Gasteiger partial charge is 0.463 e. The van der Waals surface area contributed by atoms with E-state index < -0.39 is 5.41 Å². The SMILES string of the molecule is CCC(C)(CC(C)n1c2ccccc2c2ccccc21)C(=O)OCCO. The van der Waals surface area contributed by atoms with Crippen molar-refractivity contribution in [2.75, 3.05) is 13.2 Å². The second-order valence-corrected chi connectivity index (χ2v) is 7.23. The summed E-state index contributed by atoms with van der Waals surface area (Å²) in [4.78, 5) is 12.5. The first kappa shape index (κ1) is 18.5. The van der Waals surface area contributed by atoms with Gasteiger partial charge in [-0.05, 0) is 38.8 Å². The maximum absolute atomic E-state index is 12.5. The Labute approximate surface area is 154 Å². The molecule has 4 heteroatoms. The molecule has 0 amide bonds. The number of fused-ring (bicyclic) bond motifs is 3. The predicted octanol–water partition coefficient (Wildman–Crippen LogP) is 4.70. The zero-order valence-corrected chi connectivity index (χ0v) is 15.7. The van der Waals surface area contributed by atoms with Gasteiger partial charge in [0.15, 0.2) is 0 Å². The first-order chi connectivity index (χ1) is 12.5. The van der Waals surface area contributed by atoms with Crippen molar-refractivity contribution in [1.82, 2.24) is 4.57 Å². The Kier molecular flexibility index (Phi) is 5.33. The summed E-state index contributed by atoms with van der Waals surface area (Å²) in [7, 11) is 0. The highest BCUT2D eigenvalue weighted by Crippen LogP contribution is 2.38. The van der Waals surface area contributed by atoms with Crippen molar-refractivity contribution in [3.8, 4) is 0 Å². The molecule has 2 unspecified atom stereocenters. The molecule has 138 valence electrons. The molecule has 2 aromatic carbocycles. The summed E-state index contributed by atoms with van der Waals surface area (Å²) in [6.45, 7) is 6.04. The van der Waals surface area contributed by atoms with Crippen LogP contribution >= 0.6 is 0 Å². The molecular formula is C22H27NO3. The molecule has 0 bridgehead atoms. The van der Waals surface area contributed by atoms with Crippen LogP contribution in [0.25, 0.3) is 21.8 Å². The summed E-state index contributed by atoms with van der Waals surface area (Å²) in [5.74, 6) is -0.235.